The van der Waals surface area contributed by atoms with E-state index in [1.54, 1.807) is 24.4 Å². The summed E-state index contributed by atoms with van der Waals surface area (Å²) in [6, 6.07) is 11.4. The van der Waals surface area contributed by atoms with Crippen LogP contribution in [0.25, 0.3) is 0 Å². The molecule has 0 bridgehead atoms. The van der Waals surface area contributed by atoms with E-state index in [4.69, 9.17) is 16.2 Å². The topological polar surface area (TPSA) is 67.3 Å². The molecule has 0 aliphatic carbocycles. The highest BCUT2D eigenvalue weighted by Gasteiger charge is 2.06. The summed E-state index contributed by atoms with van der Waals surface area (Å²) in [6.45, 7) is 1.84. The van der Waals surface area contributed by atoms with Crippen molar-refractivity contribution in [1.82, 2.24) is 4.98 Å². The zero-order valence-corrected chi connectivity index (χ0v) is 11.2. The summed E-state index contributed by atoms with van der Waals surface area (Å²) in [5.74, 6) is 0. The largest absolute Gasteiger partial charge is 0.294 e. The zero-order chi connectivity index (χ0) is 13.6. The third-order valence-electron chi connectivity index (χ3n) is 1.95. The Morgan fingerprint density at radius 2 is 1.72 bits per heavy atom. The van der Waals surface area contributed by atoms with Gasteiger partial charge in [-0.1, -0.05) is 35.4 Å². The molecule has 2 aromatic rings. The van der Waals surface area contributed by atoms with Crippen LogP contribution in [0.15, 0.2) is 53.6 Å². The molecule has 1 aromatic carbocycles. The maximum atomic E-state index is 10.5. The van der Waals surface area contributed by atoms with E-state index in [1.807, 2.05) is 19.1 Å². The van der Waals surface area contributed by atoms with Crippen molar-refractivity contribution in [3.63, 3.8) is 0 Å². The van der Waals surface area contributed by atoms with E-state index in [9.17, 15) is 8.42 Å². The molecule has 1 N–H and O–H groups in total. The second kappa shape index (κ2) is 6.49. The lowest BCUT2D eigenvalue weighted by molar-refractivity contribution is 0.483. The fraction of sp³-hybridized carbons (Fsp3) is 0.0833. The summed E-state index contributed by atoms with van der Waals surface area (Å²) >= 11 is 5.43. The van der Waals surface area contributed by atoms with E-state index in [1.165, 1.54) is 12.1 Å². The Kier molecular flexibility index (Phi) is 5.27. The molecule has 0 aliphatic rings. The fourth-order valence-corrected chi connectivity index (χ4v) is 1.66. The molecule has 1 heterocycles. The average molecular weight is 286 g/mol. The first-order valence-electron chi connectivity index (χ1n) is 5.00. The molecule has 0 amide bonds. The molecule has 0 saturated carbocycles. The molecule has 0 saturated heterocycles. The minimum atomic E-state index is -4.02. The van der Waals surface area contributed by atoms with Crippen LogP contribution in [0.4, 0.5) is 0 Å². The van der Waals surface area contributed by atoms with Crippen LogP contribution in [0.2, 0.25) is 5.15 Å². The SMILES string of the molecule is Cc1ccc(S(=O)(=O)O)cc1.Clc1ccccn1. The van der Waals surface area contributed by atoms with Gasteiger partial charge in [-0.2, -0.15) is 8.42 Å². The number of rotatable bonds is 1. The summed E-state index contributed by atoms with van der Waals surface area (Å²) in [7, 11) is -4.02. The molecule has 2 rings (SSSR count). The number of aromatic nitrogens is 1. The summed E-state index contributed by atoms with van der Waals surface area (Å²) in [4.78, 5) is 3.68. The molecule has 1 aromatic heterocycles. The molecule has 96 valence electrons. The van der Waals surface area contributed by atoms with Crippen molar-refractivity contribution in [2.75, 3.05) is 0 Å². The van der Waals surface area contributed by atoms with Gasteiger partial charge in [-0.05, 0) is 31.2 Å². The van der Waals surface area contributed by atoms with Gasteiger partial charge in [0.15, 0.2) is 0 Å². The van der Waals surface area contributed by atoms with Gasteiger partial charge in [0, 0.05) is 6.20 Å². The van der Waals surface area contributed by atoms with Crippen LogP contribution in [0.1, 0.15) is 5.56 Å². The lowest BCUT2D eigenvalue weighted by atomic mass is 10.2. The predicted octanol–water partition coefficient (Wildman–Crippen LogP) is 2.98. The minimum absolute atomic E-state index is 0.0666. The Balaban J connectivity index is 0.000000199. The zero-order valence-electron chi connectivity index (χ0n) is 9.62. The summed E-state index contributed by atoms with van der Waals surface area (Å²) in [5.41, 5.74) is 0.956. The standard InChI is InChI=1S/C7H8O3S.C5H4ClN/c1-6-2-4-7(5-3-6)11(8,9)10;6-5-3-1-2-4-7-5/h2-5H,1H3,(H,8,9,10);1-4H. The molecule has 0 fully saturated rings. The average Bonchev–Trinajstić information content (AvgIpc) is 2.30. The van der Waals surface area contributed by atoms with Crippen molar-refractivity contribution >= 4 is 21.7 Å². The van der Waals surface area contributed by atoms with Gasteiger partial charge in [0.1, 0.15) is 5.15 Å². The third kappa shape index (κ3) is 5.27. The summed E-state index contributed by atoms with van der Waals surface area (Å²) in [5, 5.41) is 0.544. The quantitative estimate of drug-likeness (QED) is 0.646. The number of halogens is 1. The maximum Gasteiger partial charge on any atom is 0.294 e. The van der Waals surface area contributed by atoms with Crippen molar-refractivity contribution in [3.8, 4) is 0 Å². The number of nitrogens with zero attached hydrogens (tertiary/aromatic N) is 1. The Morgan fingerprint density at radius 1 is 1.11 bits per heavy atom. The van der Waals surface area contributed by atoms with E-state index in [0.717, 1.165) is 5.56 Å². The van der Waals surface area contributed by atoms with Crippen molar-refractivity contribution in [3.05, 3.63) is 59.4 Å². The molecule has 0 atom stereocenters. The molecular weight excluding hydrogens is 274 g/mol. The molecule has 0 radical (unpaired) electrons. The molecular formula is C12H12ClNO3S. The predicted molar refractivity (Wildman–Crippen MR) is 70.2 cm³/mol. The second-order valence-electron chi connectivity index (χ2n) is 3.44. The number of hydrogen-bond donors (Lipinski definition) is 1. The van der Waals surface area contributed by atoms with E-state index in [0.29, 0.717) is 5.15 Å². The van der Waals surface area contributed by atoms with E-state index < -0.39 is 10.1 Å². The van der Waals surface area contributed by atoms with Gasteiger partial charge in [-0.15, -0.1) is 0 Å². The monoisotopic (exact) mass is 285 g/mol. The van der Waals surface area contributed by atoms with E-state index in [-0.39, 0.29) is 4.90 Å². The highest BCUT2D eigenvalue weighted by Crippen LogP contribution is 2.08. The normalized spacial score (nSPS) is 10.4. The Labute approximate surface area is 111 Å². The molecule has 18 heavy (non-hydrogen) atoms. The van der Waals surface area contributed by atoms with Crippen molar-refractivity contribution in [2.45, 2.75) is 11.8 Å². The molecule has 0 spiro atoms. The van der Waals surface area contributed by atoms with Crippen LogP contribution in [0.3, 0.4) is 0 Å². The molecule has 0 unspecified atom stereocenters. The highest BCUT2D eigenvalue weighted by atomic mass is 35.5. The maximum absolute atomic E-state index is 10.5. The Bertz CT molecular complexity index is 582. The first-order valence-corrected chi connectivity index (χ1v) is 6.82. The van der Waals surface area contributed by atoms with Crippen LogP contribution >= 0.6 is 11.6 Å². The minimum Gasteiger partial charge on any atom is -0.282 e. The van der Waals surface area contributed by atoms with Gasteiger partial charge >= 0.3 is 0 Å². The number of pyridine rings is 1. The second-order valence-corrected chi connectivity index (χ2v) is 5.25. The van der Waals surface area contributed by atoms with Gasteiger partial charge in [-0.3, -0.25) is 4.55 Å². The van der Waals surface area contributed by atoms with Gasteiger partial charge in [0.05, 0.1) is 4.90 Å². The summed E-state index contributed by atoms with van der Waals surface area (Å²) < 4.78 is 29.6. The van der Waals surface area contributed by atoms with Crippen LogP contribution in [-0.2, 0) is 10.1 Å². The van der Waals surface area contributed by atoms with Crippen molar-refractivity contribution < 1.29 is 13.0 Å². The van der Waals surface area contributed by atoms with Crippen LogP contribution in [0.5, 0.6) is 0 Å². The third-order valence-corrected chi connectivity index (χ3v) is 3.04. The van der Waals surface area contributed by atoms with Crippen LogP contribution in [-0.4, -0.2) is 18.0 Å². The van der Waals surface area contributed by atoms with Gasteiger partial charge in [-0.25, -0.2) is 4.98 Å². The van der Waals surface area contributed by atoms with Crippen LogP contribution < -0.4 is 0 Å². The Morgan fingerprint density at radius 3 is 2.06 bits per heavy atom. The highest BCUT2D eigenvalue weighted by molar-refractivity contribution is 7.85. The summed E-state index contributed by atoms with van der Waals surface area (Å²) in [6.07, 6.45) is 1.66. The number of aryl methyl sites for hydroxylation is 1. The van der Waals surface area contributed by atoms with Crippen molar-refractivity contribution in [2.24, 2.45) is 0 Å². The number of hydrogen-bond acceptors (Lipinski definition) is 3. The van der Waals surface area contributed by atoms with E-state index in [2.05, 4.69) is 4.98 Å². The van der Waals surface area contributed by atoms with Crippen molar-refractivity contribution in [1.29, 1.82) is 0 Å². The van der Waals surface area contributed by atoms with Gasteiger partial charge in [0.25, 0.3) is 10.1 Å². The molecule has 0 aliphatic heterocycles. The van der Waals surface area contributed by atoms with Gasteiger partial charge in [0.2, 0.25) is 0 Å². The lowest BCUT2D eigenvalue weighted by Gasteiger charge is -1.95. The smallest absolute Gasteiger partial charge is 0.282 e. The van der Waals surface area contributed by atoms with E-state index >= 15 is 0 Å². The fourth-order valence-electron chi connectivity index (χ4n) is 1.05. The first-order chi connectivity index (χ1) is 8.39. The molecule has 6 heteroatoms. The first kappa shape index (κ1) is 14.6. The van der Waals surface area contributed by atoms with Gasteiger partial charge < -0.3 is 0 Å². The molecule has 4 nitrogen and oxygen atoms in total. The Hall–Kier alpha value is -1.43. The number of benzene rings is 1. The lowest BCUT2D eigenvalue weighted by Crippen LogP contribution is -1.96. The van der Waals surface area contributed by atoms with Crippen LogP contribution in [0, 0.1) is 6.92 Å².